The minimum absolute atomic E-state index is 0.0542. The van der Waals surface area contributed by atoms with E-state index in [1.54, 1.807) is 24.3 Å². The van der Waals surface area contributed by atoms with Crippen LogP contribution >= 0.6 is 0 Å². The van der Waals surface area contributed by atoms with Gasteiger partial charge in [-0.15, -0.1) is 0 Å². The molecule has 0 radical (unpaired) electrons. The number of carboxylic acids is 11. The van der Waals surface area contributed by atoms with E-state index >= 15 is 0 Å². The van der Waals surface area contributed by atoms with E-state index in [1.807, 2.05) is 125 Å². The van der Waals surface area contributed by atoms with E-state index in [-0.39, 0.29) is 44.6 Å². The first-order chi connectivity index (χ1) is 55.0. The Bertz CT molecular complexity index is 4230. The average molecular weight is 1590 g/mol. The van der Waals surface area contributed by atoms with Gasteiger partial charge in [-0.05, 0) is 190 Å². The number of azo groups is 2. The summed E-state index contributed by atoms with van der Waals surface area (Å²) in [6.07, 6.45) is 0. The SMILES string of the molecule is CC.CC.CC.CC.CC.CC.CC.CC.CC.CC(C)(C)c1ccc(-c2ccc(C(=O)[O-])cc2)cc1.Cc1cc(C)cc(C)c1.O=C([O-])c1cc(C(=O)[O-])cc(-c2cc(C(=O)[O-])cc(C(=O)[O-])c2)c1.O=C([O-])c1cc(N=Nc2cc(C(=O)[O-])cc(C(=O)[O-])c2)cc(C(=O)[O-])c1.O=C([O-])c1ccc(N=Nc2ccc(C(=O)[O-])cc2)cc1. The zero-order valence-corrected chi connectivity index (χ0v) is 70.2. The normalized spacial score (nSPS) is 9.38. The summed E-state index contributed by atoms with van der Waals surface area (Å²) >= 11 is 0. The van der Waals surface area contributed by atoms with E-state index in [0.29, 0.717) is 11.4 Å². The molecular formula is C90H103N4O22-11. The fourth-order valence-corrected chi connectivity index (χ4v) is 8.59. The van der Waals surface area contributed by atoms with Crippen LogP contribution in [0, 0.1) is 20.8 Å². The standard InChI is InChI=1S/C17H18O2.C16H10N2O8.C16H10O8.C14H10N2O4.C9H12.9C2H6/c1-17(2,3)15-10-8-13(9-11-15)12-4-6-14(7-5-12)16(18)19;19-13(20)7-1-8(14(21)22)4-11(3-7)17-18-12-5-9(15(23)24)2-10(6-12)16(25)26;17-13(18)9-1-7(2-10(5-9)14(19)20)8-3-11(15(21)22)6-12(4-8)16(23)24;17-13(18)9-1-5-11(6-2-9)15-16-12-7-3-10(4-8-12)14(19)20;1-7-4-8(2)6-9(3)5-7;9*1-2/h4-11H,1-3H3,(H,18,19);1-6H,(H,19,20)(H,21,22)(H,23,24)(H,25,26);1-6H,(H,17,18)(H,19,20)(H,21,22)(H,23,24);1-8H,(H,17,18)(H,19,20);4-6H,1-3H3;9*1-2H3/p-11. The van der Waals surface area contributed by atoms with Crippen molar-refractivity contribution in [2.75, 3.05) is 0 Å². The highest BCUT2D eigenvalue weighted by Crippen LogP contribution is 2.29. The summed E-state index contributed by atoms with van der Waals surface area (Å²) in [5.74, 6) is -17.0. The summed E-state index contributed by atoms with van der Waals surface area (Å²) in [6.45, 7) is 48.9. The molecule has 0 N–H and O–H groups in total. The van der Waals surface area contributed by atoms with Gasteiger partial charge < -0.3 is 109 Å². The van der Waals surface area contributed by atoms with Crippen molar-refractivity contribution in [2.24, 2.45) is 20.5 Å². The Hall–Kier alpha value is -13.7. The lowest BCUT2D eigenvalue weighted by Gasteiger charge is -2.19. The van der Waals surface area contributed by atoms with Gasteiger partial charge >= 0.3 is 0 Å². The van der Waals surface area contributed by atoms with E-state index in [2.05, 4.69) is 104 Å². The molecule has 0 atom stereocenters. The molecule has 0 aromatic heterocycles. The van der Waals surface area contributed by atoms with Crippen molar-refractivity contribution >= 4 is 88.4 Å². The minimum atomic E-state index is -1.67. The summed E-state index contributed by atoms with van der Waals surface area (Å²) in [4.78, 5) is 119. The number of carbonyl (C=O) groups excluding carboxylic acids is 11. The molecule has 9 aromatic carbocycles. The Morgan fingerprint density at radius 3 is 0.543 bits per heavy atom. The fraction of sp³-hybridized carbons (Fsp3) is 0.278. The third kappa shape index (κ3) is 41.6. The molecule has 0 aliphatic carbocycles. The van der Waals surface area contributed by atoms with Crippen LogP contribution in [0.2, 0.25) is 0 Å². The minimum Gasteiger partial charge on any atom is -0.545 e. The van der Waals surface area contributed by atoms with Crippen LogP contribution in [0.25, 0.3) is 22.3 Å². The molecule has 0 fully saturated rings. The summed E-state index contributed by atoms with van der Waals surface area (Å²) in [5, 5.41) is 134. The fourth-order valence-electron chi connectivity index (χ4n) is 8.59. The lowest BCUT2D eigenvalue weighted by Crippen LogP contribution is -2.26. The maximum atomic E-state index is 11.0. The Kier molecular flexibility index (Phi) is 58.3. The number of carbonyl (C=O) groups is 11. The van der Waals surface area contributed by atoms with Gasteiger partial charge in [-0.2, -0.15) is 20.5 Å². The van der Waals surface area contributed by atoms with E-state index in [4.69, 9.17) is 0 Å². The number of benzene rings is 9. The summed E-state index contributed by atoms with van der Waals surface area (Å²) in [6, 6.07) is 44.1. The number of hydrogen-bond acceptors (Lipinski definition) is 26. The molecule has 9 rings (SSSR count). The van der Waals surface area contributed by atoms with E-state index in [1.165, 1.54) is 70.8 Å². The number of carboxylic acid groups (broad SMARTS) is 11. The smallest absolute Gasteiger partial charge is 0.0870 e. The van der Waals surface area contributed by atoms with E-state index < -0.39 is 110 Å². The van der Waals surface area contributed by atoms with E-state index in [9.17, 15) is 109 Å². The second kappa shape index (κ2) is 61.0. The van der Waals surface area contributed by atoms with Crippen molar-refractivity contribution < 1.29 is 109 Å². The maximum Gasteiger partial charge on any atom is 0.0870 e. The van der Waals surface area contributed by atoms with Crippen molar-refractivity contribution in [3.05, 3.63) is 272 Å². The molecule has 0 saturated carbocycles. The Morgan fingerprint density at radius 2 is 0.362 bits per heavy atom. The topological polar surface area (TPSA) is 491 Å². The molecular weight excluding hydrogens is 1490 g/mol. The Morgan fingerprint density at radius 1 is 0.198 bits per heavy atom. The number of hydrogen-bond donors (Lipinski definition) is 0. The van der Waals surface area contributed by atoms with Crippen LogP contribution in [0.15, 0.2) is 209 Å². The van der Waals surface area contributed by atoms with E-state index in [0.717, 1.165) is 83.9 Å². The molecule has 26 nitrogen and oxygen atoms in total. The summed E-state index contributed by atoms with van der Waals surface area (Å²) in [5.41, 5.74) is 4.27. The predicted molar refractivity (Wildman–Crippen MR) is 427 cm³/mol. The molecule has 0 saturated heterocycles. The largest absolute Gasteiger partial charge is 0.545 e. The van der Waals surface area contributed by atoms with Crippen molar-refractivity contribution in [1.82, 2.24) is 0 Å². The number of aromatic carboxylic acids is 11. The van der Waals surface area contributed by atoms with Gasteiger partial charge in [0.25, 0.3) is 0 Å². The van der Waals surface area contributed by atoms with Crippen LogP contribution in [-0.2, 0) is 5.41 Å². The molecule has 116 heavy (non-hydrogen) atoms. The monoisotopic (exact) mass is 1590 g/mol. The molecule has 0 amide bonds. The molecule has 0 aliphatic rings. The number of nitrogens with zero attached hydrogens (tertiary/aromatic N) is 4. The van der Waals surface area contributed by atoms with Gasteiger partial charge in [-0.3, -0.25) is 0 Å². The molecule has 0 heterocycles. The first kappa shape index (κ1) is 111. The lowest BCUT2D eigenvalue weighted by atomic mass is 9.86. The van der Waals surface area contributed by atoms with Gasteiger partial charge in [0.15, 0.2) is 0 Å². The van der Waals surface area contributed by atoms with Crippen LogP contribution < -0.4 is 56.2 Å². The number of aryl methyl sites for hydroxylation is 3. The van der Waals surface area contributed by atoms with Gasteiger partial charge in [-0.25, -0.2) is 0 Å². The molecule has 0 unspecified atom stereocenters. The first-order valence-corrected chi connectivity index (χ1v) is 37.2. The van der Waals surface area contributed by atoms with Crippen molar-refractivity contribution in [1.29, 1.82) is 0 Å². The van der Waals surface area contributed by atoms with Crippen LogP contribution in [-0.4, -0.2) is 65.7 Å². The molecule has 0 spiro atoms. The molecule has 626 valence electrons. The molecule has 0 bridgehead atoms. The molecule has 9 aromatic rings. The Balaban J connectivity index is -0.000000429. The van der Waals surface area contributed by atoms with Crippen molar-refractivity contribution in [3.8, 4) is 22.3 Å². The highest BCUT2D eigenvalue weighted by atomic mass is 16.4. The lowest BCUT2D eigenvalue weighted by molar-refractivity contribution is -0.257. The van der Waals surface area contributed by atoms with Gasteiger partial charge in [0.05, 0.1) is 88.4 Å². The van der Waals surface area contributed by atoms with Gasteiger partial charge in [0.2, 0.25) is 0 Å². The highest BCUT2D eigenvalue weighted by Gasteiger charge is 2.14. The Labute approximate surface area is 680 Å². The quantitative estimate of drug-likeness (QED) is 0.0764. The van der Waals surface area contributed by atoms with Crippen LogP contribution in [0.3, 0.4) is 0 Å². The molecule has 26 heteroatoms. The van der Waals surface area contributed by atoms with Crippen LogP contribution in [0.1, 0.15) is 282 Å². The van der Waals surface area contributed by atoms with Gasteiger partial charge in [0.1, 0.15) is 0 Å². The van der Waals surface area contributed by atoms with Gasteiger partial charge in [0, 0.05) is 22.3 Å². The summed E-state index contributed by atoms with van der Waals surface area (Å²) < 4.78 is 0. The predicted octanol–water partition coefficient (Wildman–Crippen LogP) is 10.1. The third-order valence-corrected chi connectivity index (χ3v) is 13.3. The summed E-state index contributed by atoms with van der Waals surface area (Å²) in [7, 11) is 0. The third-order valence-electron chi connectivity index (χ3n) is 13.3. The molecule has 0 aliphatic heterocycles. The second-order valence-electron chi connectivity index (χ2n) is 21.9. The van der Waals surface area contributed by atoms with Crippen molar-refractivity contribution in [3.63, 3.8) is 0 Å². The zero-order valence-electron chi connectivity index (χ0n) is 70.2. The maximum absolute atomic E-state index is 11.0. The highest BCUT2D eigenvalue weighted by molar-refractivity contribution is 5.99. The average Bonchev–Trinajstić information content (AvgIpc) is 0.799. The number of rotatable bonds is 17. The first-order valence-electron chi connectivity index (χ1n) is 37.2. The van der Waals surface area contributed by atoms with Crippen LogP contribution in [0.5, 0.6) is 0 Å². The zero-order chi connectivity index (χ0) is 90.9. The van der Waals surface area contributed by atoms with Gasteiger partial charge in [-0.1, -0.05) is 253 Å². The van der Waals surface area contributed by atoms with Crippen LogP contribution in [0.4, 0.5) is 22.7 Å². The van der Waals surface area contributed by atoms with Crippen molar-refractivity contribution in [2.45, 2.75) is 172 Å². The second-order valence-corrected chi connectivity index (χ2v) is 21.9.